The molecule has 0 aliphatic heterocycles. The third-order valence-corrected chi connectivity index (χ3v) is 3.44. The van der Waals surface area contributed by atoms with Crippen LogP contribution in [0.5, 0.6) is 0 Å². The van der Waals surface area contributed by atoms with Gasteiger partial charge in [-0.05, 0) is 19.3 Å². The van der Waals surface area contributed by atoms with Gasteiger partial charge in [0.2, 0.25) is 0 Å². The van der Waals surface area contributed by atoms with Crippen molar-refractivity contribution in [3.63, 3.8) is 0 Å². The molecule has 1 rings (SSSR count). The van der Waals surface area contributed by atoms with Gasteiger partial charge in [-0.3, -0.25) is 4.79 Å². The predicted molar refractivity (Wildman–Crippen MR) is 70.9 cm³/mol. The number of urea groups is 1. The van der Waals surface area contributed by atoms with Crippen molar-refractivity contribution >= 4 is 12.0 Å². The highest BCUT2D eigenvalue weighted by molar-refractivity contribution is 5.80. The fourth-order valence-corrected chi connectivity index (χ4v) is 2.62. The van der Waals surface area contributed by atoms with Gasteiger partial charge in [0.1, 0.15) is 6.54 Å². The summed E-state index contributed by atoms with van der Waals surface area (Å²) in [5.41, 5.74) is 0. The van der Waals surface area contributed by atoms with Crippen LogP contribution in [0.15, 0.2) is 0 Å². The maximum atomic E-state index is 12.4. The normalized spacial score (nSPS) is 15.5. The lowest BCUT2D eigenvalue weighted by Crippen LogP contribution is -2.50. The maximum Gasteiger partial charge on any atom is 0.323 e. The van der Waals surface area contributed by atoms with Crippen molar-refractivity contribution in [3.05, 3.63) is 0 Å². The number of carboxylic acids is 1. The number of aliphatic hydroxyl groups is 1. The summed E-state index contributed by atoms with van der Waals surface area (Å²) in [6.45, 7) is 2.26. The topological polar surface area (TPSA) is 81.1 Å². The molecule has 0 radical (unpaired) electrons. The molecule has 1 fully saturated rings. The monoisotopic (exact) mass is 272 g/mol. The molecule has 0 atom stereocenters. The van der Waals surface area contributed by atoms with Gasteiger partial charge in [0.25, 0.3) is 0 Å². The minimum Gasteiger partial charge on any atom is -0.480 e. The summed E-state index contributed by atoms with van der Waals surface area (Å²) in [5.74, 6) is -1.00. The second-order valence-corrected chi connectivity index (χ2v) is 4.95. The Morgan fingerprint density at radius 2 is 1.84 bits per heavy atom. The lowest BCUT2D eigenvalue weighted by atomic mass is 10.2. The van der Waals surface area contributed by atoms with Gasteiger partial charge in [0, 0.05) is 19.1 Å². The average molecular weight is 272 g/mol. The van der Waals surface area contributed by atoms with Gasteiger partial charge in [-0.15, -0.1) is 0 Å². The summed E-state index contributed by atoms with van der Waals surface area (Å²) in [4.78, 5) is 26.3. The van der Waals surface area contributed by atoms with E-state index in [0.29, 0.717) is 6.54 Å². The second-order valence-electron chi connectivity index (χ2n) is 4.95. The number of amides is 2. The third kappa shape index (κ3) is 4.70. The number of carbonyl (C=O) groups excluding carboxylic acids is 1. The number of aliphatic hydroxyl groups excluding tert-OH is 1. The van der Waals surface area contributed by atoms with Crippen LogP contribution in [0.1, 0.15) is 39.0 Å². The first-order valence-electron chi connectivity index (χ1n) is 6.98. The standard InChI is InChI=1S/C13H24N2O4/c1-2-7-14(10-12(17)18)13(19)15(8-9-16)11-5-3-4-6-11/h11,16H,2-10H2,1H3,(H,17,18). The molecule has 2 N–H and O–H groups in total. The van der Waals surface area contributed by atoms with Crippen LogP contribution >= 0.6 is 0 Å². The van der Waals surface area contributed by atoms with E-state index in [1.807, 2.05) is 6.92 Å². The Bertz CT molecular complexity index is 303. The van der Waals surface area contributed by atoms with Gasteiger partial charge in [0.15, 0.2) is 0 Å². The molecule has 0 spiro atoms. The first kappa shape index (κ1) is 15.8. The van der Waals surface area contributed by atoms with E-state index < -0.39 is 5.97 Å². The molecule has 1 saturated carbocycles. The Balaban J connectivity index is 2.72. The summed E-state index contributed by atoms with van der Waals surface area (Å²) in [7, 11) is 0. The van der Waals surface area contributed by atoms with Crippen molar-refractivity contribution in [2.75, 3.05) is 26.2 Å². The van der Waals surface area contributed by atoms with Crippen molar-refractivity contribution < 1.29 is 19.8 Å². The highest BCUT2D eigenvalue weighted by atomic mass is 16.4. The minimum atomic E-state index is -1.00. The van der Waals surface area contributed by atoms with Crippen LogP contribution in [0.25, 0.3) is 0 Å². The molecule has 1 aliphatic carbocycles. The Labute approximate surface area is 114 Å². The summed E-state index contributed by atoms with van der Waals surface area (Å²) in [6.07, 6.45) is 4.79. The molecule has 19 heavy (non-hydrogen) atoms. The van der Waals surface area contributed by atoms with E-state index in [0.717, 1.165) is 32.1 Å². The molecule has 110 valence electrons. The van der Waals surface area contributed by atoms with Gasteiger partial charge >= 0.3 is 12.0 Å². The Morgan fingerprint density at radius 1 is 1.21 bits per heavy atom. The molecule has 0 saturated heterocycles. The molecule has 0 aromatic carbocycles. The molecule has 0 heterocycles. The van der Waals surface area contributed by atoms with Crippen LogP contribution in [0.3, 0.4) is 0 Å². The first-order chi connectivity index (χ1) is 9.10. The smallest absolute Gasteiger partial charge is 0.323 e. The van der Waals surface area contributed by atoms with E-state index in [-0.39, 0.29) is 31.8 Å². The van der Waals surface area contributed by atoms with Gasteiger partial charge in [-0.1, -0.05) is 19.8 Å². The Hall–Kier alpha value is -1.30. The van der Waals surface area contributed by atoms with E-state index in [9.17, 15) is 9.59 Å². The zero-order valence-corrected chi connectivity index (χ0v) is 11.5. The zero-order valence-electron chi connectivity index (χ0n) is 11.5. The van der Waals surface area contributed by atoms with Crippen LogP contribution < -0.4 is 0 Å². The molecule has 6 heteroatoms. The molecule has 2 amide bonds. The van der Waals surface area contributed by atoms with E-state index in [2.05, 4.69) is 0 Å². The highest BCUT2D eigenvalue weighted by Crippen LogP contribution is 2.24. The highest BCUT2D eigenvalue weighted by Gasteiger charge is 2.29. The van der Waals surface area contributed by atoms with Gasteiger partial charge in [-0.2, -0.15) is 0 Å². The van der Waals surface area contributed by atoms with Crippen molar-refractivity contribution in [2.45, 2.75) is 45.1 Å². The van der Waals surface area contributed by atoms with Crippen LogP contribution in [-0.2, 0) is 4.79 Å². The fraction of sp³-hybridized carbons (Fsp3) is 0.846. The number of carboxylic acid groups (broad SMARTS) is 1. The van der Waals surface area contributed by atoms with E-state index in [1.54, 1.807) is 4.90 Å². The Kier molecular flexibility index (Phi) is 6.62. The van der Waals surface area contributed by atoms with Crippen molar-refractivity contribution in [1.29, 1.82) is 0 Å². The molecular formula is C13H24N2O4. The lowest BCUT2D eigenvalue weighted by molar-refractivity contribution is -0.137. The fourth-order valence-electron chi connectivity index (χ4n) is 2.62. The van der Waals surface area contributed by atoms with E-state index in [4.69, 9.17) is 10.2 Å². The summed E-state index contributed by atoms with van der Waals surface area (Å²) >= 11 is 0. The molecular weight excluding hydrogens is 248 g/mol. The largest absolute Gasteiger partial charge is 0.480 e. The molecule has 0 bridgehead atoms. The Morgan fingerprint density at radius 3 is 2.32 bits per heavy atom. The average Bonchev–Trinajstić information content (AvgIpc) is 2.87. The number of hydrogen-bond donors (Lipinski definition) is 2. The van der Waals surface area contributed by atoms with Crippen LogP contribution in [0.2, 0.25) is 0 Å². The SMILES string of the molecule is CCCN(CC(=O)O)C(=O)N(CCO)C1CCCC1. The predicted octanol–water partition coefficient (Wildman–Crippen LogP) is 1.14. The number of carbonyl (C=O) groups is 2. The first-order valence-corrected chi connectivity index (χ1v) is 6.98. The number of aliphatic carboxylic acids is 1. The summed E-state index contributed by atoms with van der Waals surface area (Å²) < 4.78 is 0. The van der Waals surface area contributed by atoms with Gasteiger partial charge < -0.3 is 20.0 Å². The molecule has 6 nitrogen and oxygen atoms in total. The number of rotatable bonds is 7. The number of hydrogen-bond acceptors (Lipinski definition) is 3. The van der Waals surface area contributed by atoms with E-state index >= 15 is 0 Å². The third-order valence-electron chi connectivity index (χ3n) is 3.44. The molecule has 0 aromatic heterocycles. The molecule has 1 aliphatic rings. The minimum absolute atomic E-state index is 0.0880. The number of nitrogens with zero attached hydrogens (tertiary/aromatic N) is 2. The van der Waals surface area contributed by atoms with Crippen molar-refractivity contribution in [3.8, 4) is 0 Å². The van der Waals surface area contributed by atoms with Crippen molar-refractivity contribution in [2.24, 2.45) is 0 Å². The summed E-state index contributed by atoms with van der Waals surface area (Å²) in [5, 5.41) is 18.0. The van der Waals surface area contributed by atoms with Crippen LogP contribution in [0, 0.1) is 0 Å². The van der Waals surface area contributed by atoms with Gasteiger partial charge in [-0.25, -0.2) is 4.79 Å². The van der Waals surface area contributed by atoms with Crippen LogP contribution in [-0.4, -0.2) is 64.3 Å². The second kappa shape index (κ2) is 7.99. The van der Waals surface area contributed by atoms with Crippen molar-refractivity contribution in [1.82, 2.24) is 9.80 Å². The zero-order chi connectivity index (χ0) is 14.3. The lowest BCUT2D eigenvalue weighted by Gasteiger charge is -2.33. The molecule has 0 aromatic rings. The quantitative estimate of drug-likeness (QED) is 0.728. The maximum absolute atomic E-state index is 12.4. The van der Waals surface area contributed by atoms with Crippen LogP contribution in [0.4, 0.5) is 4.79 Å². The molecule has 0 unspecified atom stereocenters. The van der Waals surface area contributed by atoms with Gasteiger partial charge in [0.05, 0.1) is 6.61 Å². The summed E-state index contributed by atoms with van der Waals surface area (Å²) in [6, 6.07) is -0.113. The van der Waals surface area contributed by atoms with E-state index in [1.165, 1.54) is 4.90 Å².